The molecular weight excluding hydrogens is 200 g/mol. The van der Waals surface area contributed by atoms with Gasteiger partial charge in [0.05, 0.1) is 0 Å². The average molecular weight is 224 g/mol. The molecule has 92 valence electrons. The Morgan fingerprint density at radius 1 is 1.38 bits per heavy atom. The zero-order chi connectivity index (χ0) is 11.5. The maximum absolute atomic E-state index is 12.1. The largest absolute Gasteiger partial charge is 0.341 e. The highest BCUT2D eigenvalue weighted by atomic mass is 16.2. The predicted molar refractivity (Wildman–Crippen MR) is 65.2 cm³/mol. The maximum atomic E-state index is 12.1. The van der Waals surface area contributed by atoms with Crippen LogP contribution in [-0.2, 0) is 4.79 Å². The van der Waals surface area contributed by atoms with Crippen molar-refractivity contribution >= 4 is 5.91 Å². The molecule has 2 fully saturated rings. The molecule has 1 aliphatic heterocycles. The van der Waals surface area contributed by atoms with Gasteiger partial charge in [-0.1, -0.05) is 13.3 Å². The zero-order valence-corrected chi connectivity index (χ0v) is 10.5. The Labute approximate surface area is 98.6 Å². The van der Waals surface area contributed by atoms with Gasteiger partial charge < -0.3 is 10.2 Å². The van der Waals surface area contributed by atoms with Crippen LogP contribution < -0.4 is 5.32 Å². The normalized spacial score (nSPS) is 34.2. The van der Waals surface area contributed by atoms with Crippen molar-refractivity contribution in [1.82, 2.24) is 10.2 Å². The topological polar surface area (TPSA) is 32.3 Å². The van der Waals surface area contributed by atoms with Gasteiger partial charge in [-0.2, -0.15) is 0 Å². The highest BCUT2D eigenvalue weighted by Crippen LogP contribution is 2.33. The Balaban J connectivity index is 1.78. The summed E-state index contributed by atoms with van der Waals surface area (Å²) >= 11 is 0. The third-order valence-electron chi connectivity index (χ3n) is 4.24. The minimum Gasteiger partial charge on any atom is -0.341 e. The lowest BCUT2D eigenvalue weighted by Gasteiger charge is -2.25. The first-order chi connectivity index (χ1) is 7.66. The number of carbonyl (C=O) groups is 1. The Morgan fingerprint density at radius 3 is 2.75 bits per heavy atom. The van der Waals surface area contributed by atoms with Gasteiger partial charge in [0.25, 0.3) is 0 Å². The standard InChI is InChI=1S/C13H24N2O/c1-10-3-4-11(7-10)8-13(16)15(2)12-5-6-14-9-12/h10-12,14H,3-9H2,1-2H3. The van der Waals surface area contributed by atoms with Crippen LogP contribution in [0.2, 0.25) is 0 Å². The number of amides is 1. The van der Waals surface area contributed by atoms with Crippen molar-refractivity contribution in [2.45, 2.75) is 45.1 Å². The average Bonchev–Trinajstić information content (AvgIpc) is 2.88. The number of hydrogen-bond acceptors (Lipinski definition) is 2. The maximum Gasteiger partial charge on any atom is 0.222 e. The summed E-state index contributed by atoms with van der Waals surface area (Å²) in [7, 11) is 1.97. The van der Waals surface area contributed by atoms with Crippen LogP contribution in [-0.4, -0.2) is 37.0 Å². The Hall–Kier alpha value is -0.570. The molecule has 1 heterocycles. The van der Waals surface area contributed by atoms with E-state index in [1.54, 1.807) is 0 Å². The van der Waals surface area contributed by atoms with Crippen LogP contribution in [0.3, 0.4) is 0 Å². The van der Waals surface area contributed by atoms with Gasteiger partial charge in [-0.05, 0) is 37.6 Å². The van der Waals surface area contributed by atoms with Crippen molar-refractivity contribution in [3.63, 3.8) is 0 Å². The molecule has 2 aliphatic rings. The van der Waals surface area contributed by atoms with Gasteiger partial charge in [0, 0.05) is 26.1 Å². The summed E-state index contributed by atoms with van der Waals surface area (Å²) in [5, 5.41) is 3.31. The number of rotatable bonds is 3. The second-order valence-electron chi connectivity index (χ2n) is 5.64. The molecule has 16 heavy (non-hydrogen) atoms. The van der Waals surface area contributed by atoms with Crippen LogP contribution in [0.15, 0.2) is 0 Å². The molecule has 1 saturated carbocycles. The summed E-state index contributed by atoms with van der Waals surface area (Å²) in [4.78, 5) is 14.1. The first-order valence-corrected chi connectivity index (χ1v) is 6.63. The second-order valence-corrected chi connectivity index (χ2v) is 5.64. The van der Waals surface area contributed by atoms with Gasteiger partial charge >= 0.3 is 0 Å². The molecule has 3 heteroatoms. The lowest BCUT2D eigenvalue weighted by molar-refractivity contribution is -0.132. The van der Waals surface area contributed by atoms with Crippen molar-refractivity contribution in [2.24, 2.45) is 11.8 Å². The number of nitrogens with one attached hydrogen (secondary N) is 1. The second kappa shape index (κ2) is 5.17. The monoisotopic (exact) mass is 224 g/mol. The van der Waals surface area contributed by atoms with Crippen LogP contribution in [0.4, 0.5) is 0 Å². The summed E-state index contributed by atoms with van der Waals surface area (Å²) in [6.45, 7) is 4.33. The van der Waals surface area contributed by atoms with Crippen LogP contribution in [0.5, 0.6) is 0 Å². The third-order valence-corrected chi connectivity index (χ3v) is 4.24. The number of carbonyl (C=O) groups excluding carboxylic acids is 1. The lowest BCUT2D eigenvalue weighted by Crippen LogP contribution is -2.38. The van der Waals surface area contributed by atoms with Gasteiger partial charge in [-0.3, -0.25) is 4.79 Å². The van der Waals surface area contributed by atoms with E-state index in [9.17, 15) is 4.79 Å². The summed E-state index contributed by atoms with van der Waals surface area (Å²) < 4.78 is 0. The van der Waals surface area contributed by atoms with Gasteiger partial charge in [-0.25, -0.2) is 0 Å². The first kappa shape index (κ1) is 11.9. The van der Waals surface area contributed by atoms with E-state index < -0.39 is 0 Å². The van der Waals surface area contributed by atoms with Gasteiger partial charge in [-0.15, -0.1) is 0 Å². The summed E-state index contributed by atoms with van der Waals surface area (Å²) in [6.07, 6.45) is 5.71. The fourth-order valence-electron chi connectivity index (χ4n) is 3.07. The molecular formula is C13H24N2O. The van der Waals surface area contributed by atoms with E-state index in [2.05, 4.69) is 12.2 Å². The minimum atomic E-state index is 0.354. The van der Waals surface area contributed by atoms with Crippen molar-refractivity contribution in [3.05, 3.63) is 0 Å². The van der Waals surface area contributed by atoms with E-state index >= 15 is 0 Å². The zero-order valence-electron chi connectivity index (χ0n) is 10.5. The molecule has 0 bridgehead atoms. The lowest BCUT2D eigenvalue weighted by atomic mass is 10.0. The quantitative estimate of drug-likeness (QED) is 0.790. The SMILES string of the molecule is CC1CCC(CC(=O)N(C)C2CCNC2)C1. The van der Waals surface area contributed by atoms with Crippen LogP contribution >= 0.6 is 0 Å². The fourth-order valence-corrected chi connectivity index (χ4v) is 3.07. The van der Waals surface area contributed by atoms with Crippen molar-refractivity contribution in [3.8, 4) is 0 Å². The highest BCUT2D eigenvalue weighted by molar-refractivity contribution is 5.76. The van der Waals surface area contributed by atoms with E-state index in [0.29, 0.717) is 17.9 Å². The first-order valence-electron chi connectivity index (χ1n) is 6.63. The van der Waals surface area contributed by atoms with E-state index in [1.807, 2.05) is 11.9 Å². The molecule has 3 nitrogen and oxygen atoms in total. The summed E-state index contributed by atoms with van der Waals surface area (Å²) in [5.41, 5.74) is 0. The fraction of sp³-hybridized carbons (Fsp3) is 0.923. The molecule has 1 aliphatic carbocycles. The van der Waals surface area contributed by atoms with Gasteiger partial charge in [0.1, 0.15) is 0 Å². The summed E-state index contributed by atoms with van der Waals surface area (Å²) in [6, 6.07) is 0.436. The molecule has 0 aromatic carbocycles. The van der Waals surface area contributed by atoms with Crippen molar-refractivity contribution < 1.29 is 4.79 Å². The van der Waals surface area contributed by atoms with E-state index in [1.165, 1.54) is 19.3 Å². The number of likely N-dealkylation sites (N-methyl/N-ethyl adjacent to an activating group) is 1. The minimum absolute atomic E-state index is 0.354. The predicted octanol–water partition coefficient (Wildman–Crippen LogP) is 1.63. The molecule has 1 saturated heterocycles. The van der Waals surface area contributed by atoms with Crippen LogP contribution in [0.25, 0.3) is 0 Å². The smallest absolute Gasteiger partial charge is 0.222 e. The molecule has 1 amide bonds. The van der Waals surface area contributed by atoms with E-state index in [-0.39, 0.29) is 0 Å². The molecule has 0 spiro atoms. The van der Waals surface area contributed by atoms with Crippen LogP contribution in [0, 0.1) is 11.8 Å². The Bertz CT molecular complexity index is 248. The Morgan fingerprint density at radius 2 is 2.19 bits per heavy atom. The molecule has 2 rings (SSSR count). The van der Waals surface area contributed by atoms with Crippen molar-refractivity contribution in [1.29, 1.82) is 0 Å². The molecule has 0 radical (unpaired) electrons. The Kier molecular flexibility index (Phi) is 3.85. The number of nitrogens with zero attached hydrogens (tertiary/aromatic N) is 1. The molecule has 3 atom stereocenters. The highest BCUT2D eigenvalue weighted by Gasteiger charge is 2.28. The van der Waals surface area contributed by atoms with Crippen molar-refractivity contribution in [2.75, 3.05) is 20.1 Å². The van der Waals surface area contributed by atoms with E-state index in [4.69, 9.17) is 0 Å². The molecule has 1 N–H and O–H groups in total. The molecule has 0 aromatic rings. The molecule has 3 unspecified atom stereocenters. The summed E-state index contributed by atoms with van der Waals surface area (Å²) in [5.74, 6) is 1.84. The van der Waals surface area contributed by atoms with Crippen LogP contribution in [0.1, 0.15) is 39.0 Å². The molecule has 0 aromatic heterocycles. The van der Waals surface area contributed by atoms with E-state index in [0.717, 1.165) is 31.8 Å². The number of hydrogen-bond donors (Lipinski definition) is 1. The van der Waals surface area contributed by atoms with Gasteiger partial charge in [0.15, 0.2) is 0 Å². The third kappa shape index (κ3) is 2.76. The van der Waals surface area contributed by atoms with Gasteiger partial charge in [0.2, 0.25) is 5.91 Å².